The number of hydrogen-bond donors (Lipinski definition) is 1. The minimum atomic E-state index is 0.111. The van der Waals surface area contributed by atoms with Crippen LogP contribution in [0.2, 0.25) is 0 Å². The summed E-state index contributed by atoms with van der Waals surface area (Å²) in [4.78, 5) is 20.0. The van der Waals surface area contributed by atoms with Crippen molar-refractivity contribution in [1.29, 1.82) is 0 Å². The minimum Gasteiger partial charge on any atom is -0.380 e. The predicted molar refractivity (Wildman–Crippen MR) is 112 cm³/mol. The van der Waals surface area contributed by atoms with Crippen molar-refractivity contribution in [2.45, 2.75) is 52.2 Å². The summed E-state index contributed by atoms with van der Waals surface area (Å²) in [6.07, 6.45) is 7.31. The highest BCUT2D eigenvalue weighted by Crippen LogP contribution is 2.39. The molecule has 148 valence electrons. The molecule has 0 spiro atoms. The van der Waals surface area contributed by atoms with E-state index >= 15 is 0 Å². The number of ether oxygens (including phenoxy) is 1. The van der Waals surface area contributed by atoms with E-state index in [4.69, 9.17) is 4.74 Å². The van der Waals surface area contributed by atoms with Gasteiger partial charge in [-0.1, -0.05) is 25.5 Å². The van der Waals surface area contributed by atoms with E-state index < -0.39 is 0 Å². The number of nitrogens with one attached hydrogen (secondary N) is 1. The molecule has 1 amide bonds. The van der Waals surface area contributed by atoms with Crippen molar-refractivity contribution in [2.24, 2.45) is 11.8 Å². The average Bonchev–Trinajstić information content (AvgIpc) is 2.90. The smallest absolute Gasteiger partial charge is 0.230 e. The first kappa shape index (κ1) is 18.9. The van der Waals surface area contributed by atoms with E-state index in [9.17, 15) is 4.79 Å². The third kappa shape index (κ3) is 3.76. The number of methoxy groups -OCH3 is 1. The van der Waals surface area contributed by atoms with Gasteiger partial charge in [0.25, 0.3) is 0 Å². The van der Waals surface area contributed by atoms with Crippen LogP contribution in [0.15, 0.2) is 36.5 Å². The molecule has 1 aliphatic carbocycles. The fourth-order valence-corrected chi connectivity index (χ4v) is 4.46. The SMILES string of the molecule is CCC1CCC(C(=O)N2Cc3cccnc3Nc3ccc(COC)cc32)CC1. The Kier molecular flexibility index (Phi) is 5.62. The van der Waals surface area contributed by atoms with Crippen LogP contribution in [-0.4, -0.2) is 18.0 Å². The van der Waals surface area contributed by atoms with E-state index in [1.54, 1.807) is 13.3 Å². The molecule has 1 fully saturated rings. The molecule has 1 N–H and O–H groups in total. The molecular weight excluding hydrogens is 350 g/mol. The predicted octanol–water partition coefficient (Wildman–Crippen LogP) is 5.03. The molecule has 0 saturated heterocycles. The summed E-state index contributed by atoms with van der Waals surface area (Å²) in [5.41, 5.74) is 3.96. The Bertz CT molecular complexity index is 843. The molecule has 5 nitrogen and oxygen atoms in total. The third-order valence-corrected chi connectivity index (χ3v) is 6.18. The number of benzene rings is 1. The van der Waals surface area contributed by atoms with Crippen LogP contribution in [0.3, 0.4) is 0 Å². The first-order chi connectivity index (χ1) is 13.7. The van der Waals surface area contributed by atoms with Gasteiger partial charge in [-0.15, -0.1) is 0 Å². The lowest BCUT2D eigenvalue weighted by Crippen LogP contribution is -2.37. The van der Waals surface area contributed by atoms with Gasteiger partial charge < -0.3 is 15.0 Å². The maximum absolute atomic E-state index is 13.6. The molecule has 0 atom stereocenters. The lowest BCUT2D eigenvalue weighted by molar-refractivity contribution is -0.123. The molecular formula is C23H29N3O2. The lowest BCUT2D eigenvalue weighted by atomic mass is 9.80. The molecule has 4 rings (SSSR count). The summed E-state index contributed by atoms with van der Waals surface area (Å²) >= 11 is 0. The fraction of sp³-hybridized carbons (Fsp3) is 0.478. The zero-order valence-electron chi connectivity index (χ0n) is 16.8. The highest BCUT2D eigenvalue weighted by molar-refractivity contribution is 5.99. The zero-order valence-corrected chi connectivity index (χ0v) is 16.8. The Morgan fingerprint density at radius 3 is 2.82 bits per heavy atom. The number of anilines is 3. The summed E-state index contributed by atoms with van der Waals surface area (Å²) in [6.45, 7) is 3.33. The number of carbonyl (C=O) groups is 1. The number of hydrogen-bond acceptors (Lipinski definition) is 4. The van der Waals surface area contributed by atoms with Gasteiger partial charge in [-0.3, -0.25) is 4.79 Å². The first-order valence-corrected chi connectivity index (χ1v) is 10.3. The molecule has 0 unspecified atom stereocenters. The molecule has 1 saturated carbocycles. The van der Waals surface area contributed by atoms with Gasteiger partial charge in [0.1, 0.15) is 5.82 Å². The van der Waals surface area contributed by atoms with Gasteiger partial charge >= 0.3 is 0 Å². The van der Waals surface area contributed by atoms with Crippen molar-refractivity contribution in [1.82, 2.24) is 4.98 Å². The molecule has 5 heteroatoms. The maximum atomic E-state index is 13.6. The van der Waals surface area contributed by atoms with Gasteiger partial charge in [0.15, 0.2) is 0 Å². The first-order valence-electron chi connectivity index (χ1n) is 10.3. The number of pyridine rings is 1. The maximum Gasteiger partial charge on any atom is 0.230 e. The molecule has 0 radical (unpaired) electrons. The minimum absolute atomic E-state index is 0.111. The van der Waals surface area contributed by atoms with Crippen LogP contribution in [0.5, 0.6) is 0 Å². The largest absolute Gasteiger partial charge is 0.380 e. The molecule has 2 aromatic rings. The number of carbonyl (C=O) groups excluding carboxylic acids is 1. The van der Waals surface area contributed by atoms with Crippen LogP contribution in [0, 0.1) is 11.8 Å². The van der Waals surface area contributed by atoms with E-state index in [1.807, 2.05) is 29.2 Å². The molecule has 0 bridgehead atoms. The van der Waals surface area contributed by atoms with Crippen molar-refractivity contribution in [3.05, 3.63) is 47.7 Å². The number of rotatable bonds is 4. The lowest BCUT2D eigenvalue weighted by Gasteiger charge is -2.32. The van der Waals surface area contributed by atoms with E-state index in [2.05, 4.69) is 23.3 Å². The summed E-state index contributed by atoms with van der Waals surface area (Å²) in [5.74, 6) is 1.96. The Balaban J connectivity index is 1.68. The number of fused-ring (bicyclic) bond motifs is 2. The van der Waals surface area contributed by atoms with Gasteiger partial charge in [-0.25, -0.2) is 4.98 Å². The fourth-order valence-electron chi connectivity index (χ4n) is 4.46. The van der Waals surface area contributed by atoms with Gasteiger partial charge in [-0.2, -0.15) is 0 Å². The van der Waals surface area contributed by atoms with Crippen LogP contribution >= 0.6 is 0 Å². The Labute approximate surface area is 167 Å². The quantitative estimate of drug-likeness (QED) is 0.809. The average molecular weight is 380 g/mol. The molecule has 28 heavy (non-hydrogen) atoms. The van der Waals surface area contributed by atoms with Crippen LogP contribution in [-0.2, 0) is 22.7 Å². The Morgan fingerprint density at radius 1 is 1.25 bits per heavy atom. The van der Waals surface area contributed by atoms with Crippen LogP contribution in [0.1, 0.15) is 50.2 Å². The monoisotopic (exact) mass is 379 g/mol. The third-order valence-electron chi connectivity index (χ3n) is 6.18. The van der Waals surface area contributed by atoms with Crippen LogP contribution in [0.25, 0.3) is 0 Å². The number of aromatic nitrogens is 1. The van der Waals surface area contributed by atoms with Crippen molar-refractivity contribution in [2.75, 3.05) is 17.3 Å². The Hall–Kier alpha value is -2.40. The summed E-state index contributed by atoms with van der Waals surface area (Å²) < 4.78 is 5.31. The highest BCUT2D eigenvalue weighted by Gasteiger charge is 2.32. The molecule has 1 aromatic heterocycles. The van der Waals surface area contributed by atoms with Gasteiger partial charge in [0, 0.05) is 24.8 Å². The second-order valence-electron chi connectivity index (χ2n) is 7.97. The summed E-state index contributed by atoms with van der Waals surface area (Å²) in [7, 11) is 1.69. The van der Waals surface area contributed by atoms with Crippen molar-refractivity contribution >= 4 is 23.1 Å². The number of amides is 1. The molecule has 1 aliphatic heterocycles. The van der Waals surface area contributed by atoms with Crippen molar-refractivity contribution in [3.63, 3.8) is 0 Å². The van der Waals surface area contributed by atoms with Gasteiger partial charge in [0.2, 0.25) is 5.91 Å². The zero-order chi connectivity index (χ0) is 19.5. The van der Waals surface area contributed by atoms with Gasteiger partial charge in [0.05, 0.1) is 24.5 Å². The molecule has 2 aliphatic rings. The van der Waals surface area contributed by atoms with Crippen molar-refractivity contribution in [3.8, 4) is 0 Å². The normalized spacial score (nSPS) is 21.3. The van der Waals surface area contributed by atoms with E-state index in [-0.39, 0.29) is 11.8 Å². The Morgan fingerprint density at radius 2 is 2.07 bits per heavy atom. The topological polar surface area (TPSA) is 54.5 Å². The van der Waals surface area contributed by atoms with Crippen LogP contribution in [0.4, 0.5) is 17.2 Å². The number of nitrogens with zero attached hydrogens (tertiary/aromatic N) is 2. The second-order valence-corrected chi connectivity index (χ2v) is 7.97. The standard InChI is InChI=1S/C23H29N3O2/c1-3-16-6-9-18(10-7-16)23(27)26-14-19-5-4-12-24-22(19)25-20-11-8-17(15-28-2)13-21(20)26/h4-5,8,11-13,16,18H,3,6-7,9-10,14-15H2,1-2H3,(H,24,25). The van der Waals surface area contributed by atoms with E-state index in [0.717, 1.165) is 59.9 Å². The van der Waals surface area contributed by atoms with Crippen LogP contribution < -0.4 is 10.2 Å². The highest BCUT2D eigenvalue weighted by atomic mass is 16.5. The van der Waals surface area contributed by atoms with Gasteiger partial charge in [-0.05, 0) is 55.4 Å². The van der Waals surface area contributed by atoms with E-state index in [0.29, 0.717) is 13.2 Å². The summed E-state index contributed by atoms with van der Waals surface area (Å²) in [6, 6.07) is 10.1. The van der Waals surface area contributed by atoms with E-state index in [1.165, 1.54) is 6.42 Å². The summed E-state index contributed by atoms with van der Waals surface area (Å²) in [5, 5.41) is 3.43. The second kappa shape index (κ2) is 8.31. The van der Waals surface area contributed by atoms with Crippen molar-refractivity contribution < 1.29 is 9.53 Å². The molecule has 2 heterocycles. The molecule has 1 aromatic carbocycles.